The van der Waals surface area contributed by atoms with E-state index in [9.17, 15) is 10.2 Å². The van der Waals surface area contributed by atoms with Crippen molar-refractivity contribution in [3.8, 4) is 11.5 Å². The summed E-state index contributed by atoms with van der Waals surface area (Å²) in [5.74, 6) is 1.52. The molecule has 2 aromatic rings. The lowest BCUT2D eigenvalue weighted by atomic mass is 9.78. The average Bonchev–Trinajstić information content (AvgIpc) is 2.70. The third-order valence-corrected chi connectivity index (χ3v) is 6.43. The van der Waals surface area contributed by atoms with Crippen LogP contribution in [-0.4, -0.2) is 44.5 Å². The molecule has 0 bridgehead atoms. The summed E-state index contributed by atoms with van der Waals surface area (Å²) in [6, 6.07) is 16.0. The highest BCUT2D eigenvalue weighted by atomic mass is 127. The first-order valence-electron chi connectivity index (χ1n) is 8.81. The summed E-state index contributed by atoms with van der Waals surface area (Å²) in [6.45, 7) is 4.97. The maximum atomic E-state index is 9.60. The number of halogens is 2. The molecule has 0 saturated heterocycles. The third-order valence-electron chi connectivity index (χ3n) is 4.39. The van der Waals surface area contributed by atoms with Crippen LogP contribution in [0.4, 0.5) is 0 Å². The first kappa shape index (κ1) is 22.7. The highest BCUT2D eigenvalue weighted by Crippen LogP contribution is 2.33. The molecule has 0 spiro atoms. The first-order chi connectivity index (χ1) is 12.9. The minimum absolute atomic E-state index is 0.166. The SMILES string of the molecule is CC(C)(c1ccc(OC[C@@H](O)CI)cc1)c1ccc(OC[C@@H](O)CI)cc1. The fourth-order valence-corrected chi connectivity index (χ4v) is 3.08. The highest BCUT2D eigenvalue weighted by molar-refractivity contribution is 14.1. The average molecular weight is 596 g/mol. The standard InChI is InChI=1S/C21H26I2O4/c1-21(2,15-3-7-19(8-4-15)26-13-17(24)11-22)16-5-9-20(10-6-16)27-14-18(25)12-23/h3-10,17-18,24-25H,11-14H2,1-2H3/t17-,18-/m0/s1. The monoisotopic (exact) mass is 596 g/mol. The van der Waals surface area contributed by atoms with Gasteiger partial charge in [0.05, 0.1) is 12.2 Å². The Labute approximate surface area is 188 Å². The Bertz CT molecular complexity index is 627. The predicted molar refractivity (Wildman–Crippen MR) is 126 cm³/mol. The van der Waals surface area contributed by atoms with Crippen molar-refractivity contribution in [3.63, 3.8) is 0 Å². The van der Waals surface area contributed by atoms with Gasteiger partial charge < -0.3 is 19.7 Å². The first-order valence-corrected chi connectivity index (χ1v) is 11.9. The quantitative estimate of drug-likeness (QED) is 0.317. The van der Waals surface area contributed by atoms with Gasteiger partial charge in [-0.3, -0.25) is 0 Å². The lowest BCUT2D eigenvalue weighted by Gasteiger charge is -2.26. The molecule has 0 saturated carbocycles. The van der Waals surface area contributed by atoms with Gasteiger partial charge >= 0.3 is 0 Å². The topological polar surface area (TPSA) is 58.9 Å². The van der Waals surface area contributed by atoms with Crippen LogP contribution in [0.3, 0.4) is 0 Å². The molecule has 0 aliphatic heterocycles. The molecule has 27 heavy (non-hydrogen) atoms. The van der Waals surface area contributed by atoms with E-state index in [1.54, 1.807) is 0 Å². The molecule has 148 valence electrons. The van der Waals surface area contributed by atoms with Crippen LogP contribution in [0.15, 0.2) is 48.5 Å². The normalized spacial score (nSPS) is 13.9. The van der Waals surface area contributed by atoms with Gasteiger partial charge in [-0.1, -0.05) is 83.3 Å². The van der Waals surface area contributed by atoms with Crippen molar-refractivity contribution in [2.75, 3.05) is 22.1 Å². The van der Waals surface area contributed by atoms with E-state index >= 15 is 0 Å². The van der Waals surface area contributed by atoms with Crippen LogP contribution in [0, 0.1) is 0 Å². The minimum atomic E-state index is -0.444. The number of alkyl halides is 2. The van der Waals surface area contributed by atoms with Crippen LogP contribution < -0.4 is 9.47 Å². The molecular weight excluding hydrogens is 570 g/mol. The van der Waals surface area contributed by atoms with Gasteiger partial charge in [0.25, 0.3) is 0 Å². The van der Waals surface area contributed by atoms with Crippen molar-refractivity contribution in [2.45, 2.75) is 31.5 Å². The molecule has 0 aromatic heterocycles. The Kier molecular flexibility index (Phi) is 9.10. The second kappa shape index (κ2) is 10.8. The number of aliphatic hydroxyl groups excluding tert-OH is 2. The van der Waals surface area contributed by atoms with Crippen molar-refractivity contribution in [3.05, 3.63) is 59.7 Å². The molecule has 0 heterocycles. The van der Waals surface area contributed by atoms with Gasteiger partial charge in [-0.15, -0.1) is 0 Å². The fraction of sp³-hybridized carbons (Fsp3) is 0.429. The zero-order valence-electron chi connectivity index (χ0n) is 15.6. The van der Waals surface area contributed by atoms with Crippen LogP contribution >= 0.6 is 45.2 Å². The van der Waals surface area contributed by atoms with Crippen molar-refractivity contribution < 1.29 is 19.7 Å². The van der Waals surface area contributed by atoms with E-state index in [4.69, 9.17) is 9.47 Å². The Morgan fingerprint density at radius 1 is 0.741 bits per heavy atom. The zero-order valence-corrected chi connectivity index (χ0v) is 19.9. The van der Waals surface area contributed by atoms with Crippen molar-refractivity contribution in [1.82, 2.24) is 0 Å². The number of aliphatic hydroxyl groups is 2. The molecule has 2 N–H and O–H groups in total. The molecule has 0 aliphatic rings. The maximum absolute atomic E-state index is 9.60. The second-order valence-corrected chi connectivity index (χ2v) is 8.67. The van der Waals surface area contributed by atoms with E-state index in [1.807, 2.05) is 24.3 Å². The Morgan fingerprint density at radius 3 is 1.37 bits per heavy atom. The van der Waals surface area contributed by atoms with E-state index in [2.05, 4.69) is 83.3 Å². The van der Waals surface area contributed by atoms with Gasteiger partial charge in [-0.2, -0.15) is 0 Å². The largest absolute Gasteiger partial charge is 0.491 e. The molecule has 0 fully saturated rings. The molecule has 2 rings (SSSR count). The van der Waals surface area contributed by atoms with Gasteiger partial charge in [0, 0.05) is 14.3 Å². The van der Waals surface area contributed by atoms with Crippen LogP contribution in [0.2, 0.25) is 0 Å². The van der Waals surface area contributed by atoms with E-state index in [0.29, 0.717) is 22.1 Å². The summed E-state index contributed by atoms with van der Waals surface area (Å²) in [7, 11) is 0. The van der Waals surface area contributed by atoms with Gasteiger partial charge in [0.1, 0.15) is 24.7 Å². The zero-order chi connectivity index (χ0) is 19.9. The molecule has 2 aromatic carbocycles. The van der Waals surface area contributed by atoms with Crippen LogP contribution in [0.25, 0.3) is 0 Å². The summed E-state index contributed by atoms with van der Waals surface area (Å²) in [4.78, 5) is 0. The van der Waals surface area contributed by atoms with Crippen LogP contribution in [0.5, 0.6) is 11.5 Å². The van der Waals surface area contributed by atoms with Gasteiger partial charge in [-0.05, 0) is 35.4 Å². The Morgan fingerprint density at radius 2 is 1.07 bits per heavy atom. The number of rotatable bonds is 10. The molecule has 0 unspecified atom stereocenters. The number of ether oxygens (including phenoxy) is 2. The van der Waals surface area contributed by atoms with Crippen molar-refractivity contribution in [2.24, 2.45) is 0 Å². The van der Waals surface area contributed by atoms with Crippen LogP contribution in [0.1, 0.15) is 25.0 Å². The summed E-state index contributed by atoms with van der Waals surface area (Å²) in [5.41, 5.74) is 2.19. The third kappa shape index (κ3) is 6.76. The van der Waals surface area contributed by atoms with Crippen LogP contribution in [-0.2, 0) is 5.41 Å². The number of benzene rings is 2. The van der Waals surface area contributed by atoms with E-state index < -0.39 is 12.2 Å². The lowest BCUT2D eigenvalue weighted by molar-refractivity contribution is 0.128. The maximum Gasteiger partial charge on any atom is 0.119 e. The summed E-state index contributed by atoms with van der Waals surface area (Å²) in [5, 5.41) is 19.2. The molecule has 0 radical (unpaired) electrons. The molecule has 2 atom stereocenters. The Balaban J connectivity index is 2.04. The van der Waals surface area contributed by atoms with Gasteiger partial charge in [-0.25, -0.2) is 0 Å². The predicted octanol–water partition coefficient (Wildman–Crippen LogP) is 4.36. The fourth-order valence-electron chi connectivity index (χ4n) is 2.58. The molecule has 4 nitrogen and oxygen atoms in total. The molecular formula is C21H26I2O4. The van der Waals surface area contributed by atoms with E-state index in [1.165, 1.54) is 11.1 Å². The van der Waals surface area contributed by atoms with E-state index in [0.717, 1.165) is 11.5 Å². The Hall–Kier alpha value is -0.580. The number of hydrogen-bond acceptors (Lipinski definition) is 4. The second-order valence-electron chi connectivity index (χ2n) is 6.91. The lowest BCUT2D eigenvalue weighted by Crippen LogP contribution is -2.20. The summed E-state index contributed by atoms with van der Waals surface area (Å²) >= 11 is 4.28. The number of hydrogen-bond donors (Lipinski definition) is 2. The highest BCUT2D eigenvalue weighted by Gasteiger charge is 2.23. The van der Waals surface area contributed by atoms with Gasteiger partial charge in [0.15, 0.2) is 0 Å². The molecule has 6 heteroatoms. The summed E-state index contributed by atoms with van der Waals surface area (Å²) in [6.07, 6.45) is -0.888. The smallest absolute Gasteiger partial charge is 0.119 e. The summed E-state index contributed by atoms with van der Waals surface area (Å²) < 4.78 is 12.5. The van der Waals surface area contributed by atoms with Crippen molar-refractivity contribution >= 4 is 45.2 Å². The van der Waals surface area contributed by atoms with Crippen molar-refractivity contribution in [1.29, 1.82) is 0 Å². The molecule has 0 amide bonds. The van der Waals surface area contributed by atoms with Gasteiger partial charge in [0.2, 0.25) is 0 Å². The minimum Gasteiger partial charge on any atom is -0.491 e. The van der Waals surface area contributed by atoms with E-state index in [-0.39, 0.29) is 5.41 Å². The molecule has 0 aliphatic carbocycles.